The van der Waals surface area contributed by atoms with Crippen LogP contribution in [0.15, 0.2) is 46.2 Å². The van der Waals surface area contributed by atoms with E-state index in [1.54, 1.807) is 6.07 Å². The highest BCUT2D eigenvalue weighted by molar-refractivity contribution is 7.99. The predicted octanol–water partition coefficient (Wildman–Crippen LogP) is 3.75. The Morgan fingerprint density at radius 3 is 2.80 bits per heavy atom. The first-order valence-electron chi connectivity index (χ1n) is 10.0. The molecule has 0 spiro atoms. The van der Waals surface area contributed by atoms with Crippen LogP contribution in [0.1, 0.15) is 33.5 Å². The number of alkyl halides is 3. The van der Waals surface area contributed by atoms with E-state index in [0.29, 0.717) is 50.0 Å². The molecule has 0 radical (unpaired) electrons. The molecule has 0 aliphatic carbocycles. The van der Waals surface area contributed by atoms with Crippen molar-refractivity contribution in [2.75, 3.05) is 26.2 Å². The molecule has 1 atom stereocenters. The summed E-state index contributed by atoms with van der Waals surface area (Å²) in [6, 6.07) is 9.35. The van der Waals surface area contributed by atoms with Crippen molar-refractivity contribution >= 4 is 17.7 Å². The lowest BCUT2D eigenvalue weighted by Gasteiger charge is -2.36. The summed E-state index contributed by atoms with van der Waals surface area (Å²) < 4.78 is 39.4. The molecule has 0 saturated carbocycles. The monoisotopic (exact) mass is 436 g/mol. The summed E-state index contributed by atoms with van der Waals surface area (Å²) in [5, 5.41) is 12.6. The Bertz CT molecular complexity index is 946. The molecule has 8 heteroatoms. The van der Waals surface area contributed by atoms with Gasteiger partial charge in [0.05, 0.1) is 5.56 Å². The Morgan fingerprint density at radius 2 is 2.03 bits per heavy atom. The largest absolute Gasteiger partial charge is 0.416 e. The highest BCUT2D eigenvalue weighted by Gasteiger charge is 2.32. The molecule has 2 aliphatic rings. The third-order valence-electron chi connectivity index (χ3n) is 5.69. The van der Waals surface area contributed by atoms with Crippen LogP contribution in [0.2, 0.25) is 0 Å². The molecule has 2 aromatic carbocycles. The van der Waals surface area contributed by atoms with Gasteiger partial charge in [-0.2, -0.15) is 13.2 Å². The second-order valence-electron chi connectivity index (χ2n) is 7.57. The van der Waals surface area contributed by atoms with Gasteiger partial charge >= 0.3 is 6.18 Å². The quantitative estimate of drug-likeness (QED) is 0.770. The van der Waals surface area contributed by atoms with Crippen molar-refractivity contribution in [3.63, 3.8) is 0 Å². The zero-order chi connectivity index (χ0) is 21.3. The topological polar surface area (TPSA) is 52.6 Å². The van der Waals surface area contributed by atoms with Gasteiger partial charge in [0.1, 0.15) is 0 Å². The highest BCUT2D eigenvalue weighted by atomic mass is 32.2. The molecule has 0 bridgehead atoms. The van der Waals surface area contributed by atoms with Crippen molar-refractivity contribution in [2.24, 2.45) is 0 Å². The van der Waals surface area contributed by atoms with E-state index in [4.69, 9.17) is 0 Å². The molecule has 1 unspecified atom stereocenters. The van der Waals surface area contributed by atoms with Crippen LogP contribution in [0.25, 0.3) is 0 Å². The minimum Gasteiger partial charge on any atom is -0.396 e. The summed E-state index contributed by atoms with van der Waals surface area (Å²) in [6.07, 6.45) is -2.90. The van der Waals surface area contributed by atoms with Crippen LogP contribution >= 0.6 is 11.8 Å². The molecule has 30 heavy (non-hydrogen) atoms. The maximum absolute atomic E-state index is 13.4. The van der Waals surface area contributed by atoms with Gasteiger partial charge in [0, 0.05) is 47.6 Å². The van der Waals surface area contributed by atoms with Crippen LogP contribution in [-0.2, 0) is 19.0 Å². The van der Waals surface area contributed by atoms with Gasteiger partial charge in [-0.1, -0.05) is 17.8 Å². The Labute approximate surface area is 177 Å². The van der Waals surface area contributed by atoms with Gasteiger partial charge in [0.15, 0.2) is 0 Å². The molecular formula is C22H23F3N2O2S. The molecule has 0 aromatic heterocycles. The van der Waals surface area contributed by atoms with E-state index < -0.39 is 11.7 Å². The van der Waals surface area contributed by atoms with Crippen LogP contribution in [0.4, 0.5) is 13.2 Å². The number of hydrogen-bond acceptors (Lipinski definition) is 4. The fraction of sp³-hybridized carbons (Fsp3) is 0.409. The third-order valence-corrected chi connectivity index (χ3v) is 6.91. The number of nitrogens with zero attached hydrogens (tertiary/aromatic N) is 1. The minimum absolute atomic E-state index is 0.00965. The number of benzene rings is 2. The summed E-state index contributed by atoms with van der Waals surface area (Å²) in [5.74, 6) is -0.0747. The fourth-order valence-electron chi connectivity index (χ4n) is 4.14. The van der Waals surface area contributed by atoms with Crippen molar-refractivity contribution in [3.8, 4) is 0 Å². The third kappa shape index (κ3) is 4.22. The molecule has 2 N–H and O–H groups in total. The number of fused-ring (bicyclic) bond motifs is 2. The summed E-state index contributed by atoms with van der Waals surface area (Å²) in [7, 11) is 0. The molecular weight excluding hydrogens is 413 g/mol. The number of aliphatic hydroxyl groups is 1. The van der Waals surface area contributed by atoms with Gasteiger partial charge in [0.2, 0.25) is 0 Å². The first-order valence-corrected chi connectivity index (χ1v) is 10.8. The molecule has 160 valence electrons. The number of carbonyl (C=O) groups is 1. The van der Waals surface area contributed by atoms with E-state index in [-0.39, 0.29) is 18.6 Å². The van der Waals surface area contributed by atoms with E-state index in [2.05, 4.69) is 5.32 Å². The molecule has 2 heterocycles. The SMILES string of the molecule is O=C(c1cccc2c1CCc1cc(C(F)(F)F)ccc1S2)N1CCNCC1CCO. The van der Waals surface area contributed by atoms with Crippen LogP contribution in [-0.4, -0.2) is 48.2 Å². The summed E-state index contributed by atoms with van der Waals surface area (Å²) in [6.45, 7) is 1.91. The van der Waals surface area contributed by atoms with Gasteiger partial charge in [-0.25, -0.2) is 0 Å². The molecule has 4 rings (SSSR count). The molecule has 2 aliphatic heterocycles. The molecule has 2 aromatic rings. The summed E-state index contributed by atoms with van der Waals surface area (Å²) >= 11 is 1.42. The Hall–Kier alpha value is -2.03. The summed E-state index contributed by atoms with van der Waals surface area (Å²) in [5.41, 5.74) is 1.51. The van der Waals surface area contributed by atoms with E-state index in [1.807, 2.05) is 17.0 Å². The van der Waals surface area contributed by atoms with Gasteiger partial charge in [-0.3, -0.25) is 4.79 Å². The number of nitrogens with one attached hydrogen (secondary N) is 1. The normalized spacial score (nSPS) is 19.1. The van der Waals surface area contributed by atoms with E-state index in [9.17, 15) is 23.1 Å². The van der Waals surface area contributed by atoms with Gasteiger partial charge in [-0.05, 0) is 60.7 Å². The van der Waals surface area contributed by atoms with Crippen molar-refractivity contribution in [1.82, 2.24) is 10.2 Å². The number of aryl methyl sites for hydroxylation is 1. The van der Waals surface area contributed by atoms with E-state index in [0.717, 1.165) is 21.4 Å². The smallest absolute Gasteiger partial charge is 0.396 e. The maximum atomic E-state index is 13.4. The average Bonchev–Trinajstić information content (AvgIpc) is 2.92. The lowest BCUT2D eigenvalue weighted by Crippen LogP contribution is -2.54. The van der Waals surface area contributed by atoms with Crippen molar-refractivity contribution in [1.29, 1.82) is 0 Å². The lowest BCUT2D eigenvalue weighted by atomic mass is 9.97. The second-order valence-corrected chi connectivity index (χ2v) is 8.66. The molecule has 4 nitrogen and oxygen atoms in total. The fourth-order valence-corrected chi connectivity index (χ4v) is 5.29. The van der Waals surface area contributed by atoms with Crippen LogP contribution in [0.5, 0.6) is 0 Å². The summed E-state index contributed by atoms with van der Waals surface area (Å²) in [4.78, 5) is 16.9. The van der Waals surface area contributed by atoms with E-state index in [1.165, 1.54) is 23.9 Å². The van der Waals surface area contributed by atoms with Crippen LogP contribution in [0, 0.1) is 0 Å². The number of carbonyl (C=O) groups excluding carboxylic acids is 1. The zero-order valence-electron chi connectivity index (χ0n) is 16.3. The minimum atomic E-state index is -4.37. The number of halogens is 3. The van der Waals surface area contributed by atoms with Gasteiger partial charge in [0.25, 0.3) is 5.91 Å². The Morgan fingerprint density at radius 1 is 1.20 bits per heavy atom. The molecule has 1 saturated heterocycles. The first kappa shape index (κ1) is 21.2. The highest BCUT2D eigenvalue weighted by Crippen LogP contribution is 2.41. The van der Waals surface area contributed by atoms with E-state index >= 15 is 0 Å². The van der Waals surface area contributed by atoms with Gasteiger partial charge < -0.3 is 15.3 Å². The van der Waals surface area contributed by atoms with Crippen molar-refractivity contribution in [2.45, 2.75) is 41.3 Å². The molecule has 1 amide bonds. The predicted molar refractivity (Wildman–Crippen MR) is 109 cm³/mol. The van der Waals surface area contributed by atoms with Gasteiger partial charge in [-0.15, -0.1) is 0 Å². The lowest BCUT2D eigenvalue weighted by molar-refractivity contribution is -0.137. The maximum Gasteiger partial charge on any atom is 0.416 e. The Kier molecular flexibility index (Phi) is 6.09. The van der Waals surface area contributed by atoms with Crippen molar-refractivity contribution < 1.29 is 23.1 Å². The average molecular weight is 436 g/mol. The Balaban J connectivity index is 1.65. The number of rotatable bonds is 3. The standard InChI is InChI=1S/C22H23F3N2O2S/c23-22(24,25)15-5-7-19-14(12-15)4-6-17-18(2-1-3-20(17)30-19)21(29)27-10-9-26-13-16(27)8-11-28/h1-3,5,7,12,16,26,28H,4,6,8-11,13H2. The number of hydrogen-bond donors (Lipinski definition) is 2. The van der Waals surface area contributed by atoms with Crippen molar-refractivity contribution in [3.05, 3.63) is 58.7 Å². The van der Waals surface area contributed by atoms with Crippen LogP contribution in [0.3, 0.4) is 0 Å². The second kappa shape index (κ2) is 8.61. The first-order chi connectivity index (χ1) is 14.4. The number of piperazine rings is 1. The number of aliphatic hydroxyl groups excluding tert-OH is 1. The van der Waals surface area contributed by atoms with Crippen LogP contribution < -0.4 is 5.32 Å². The number of amides is 1. The zero-order valence-corrected chi connectivity index (χ0v) is 17.2. The molecule has 1 fully saturated rings.